The van der Waals surface area contributed by atoms with Crippen molar-refractivity contribution in [3.8, 4) is 0 Å². The van der Waals surface area contributed by atoms with Gasteiger partial charge in [-0.05, 0) is 31.6 Å². The summed E-state index contributed by atoms with van der Waals surface area (Å²) in [6.07, 6.45) is 2.64. The molecule has 2 fully saturated rings. The lowest BCUT2D eigenvalue weighted by atomic mass is 10.0. The van der Waals surface area contributed by atoms with Crippen molar-refractivity contribution in [1.82, 2.24) is 15.5 Å². The predicted octanol–water partition coefficient (Wildman–Crippen LogP) is 2.20. The number of nitrogens with zero attached hydrogens (tertiary/aromatic N) is 1. The van der Waals surface area contributed by atoms with Crippen LogP contribution in [0.3, 0.4) is 0 Å². The Morgan fingerprint density at radius 2 is 1.90 bits per heavy atom. The number of piperidine rings is 1. The predicted molar refractivity (Wildman–Crippen MR) is 73.9 cm³/mol. The van der Waals surface area contributed by atoms with Crippen molar-refractivity contribution >= 4 is 6.03 Å². The largest absolute Gasteiger partial charge is 0.335 e. The number of nitrogens with one attached hydrogen (secondary N) is 2. The van der Waals surface area contributed by atoms with Crippen LogP contribution in [0.2, 0.25) is 0 Å². The van der Waals surface area contributed by atoms with Gasteiger partial charge in [-0.15, -0.1) is 0 Å². The molecule has 0 bridgehead atoms. The Labute approximate surface area is 119 Å². The Hall–Kier alpha value is -0.910. The van der Waals surface area contributed by atoms with Crippen molar-refractivity contribution in [3.05, 3.63) is 0 Å². The van der Waals surface area contributed by atoms with Crippen LogP contribution >= 0.6 is 0 Å². The first-order valence-electron chi connectivity index (χ1n) is 7.62. The number of hydrogen-bond donors (Lipinski definition) is 2. The number of urea groups is 1. The zero-order valence-corrected chi connectivity index (χ0v) is 12.1. The molecule has 1 saturated heterocycles. The van der Waals surface area contributed by atoms with Crippen LogP contribution in [-0.2, 0) is 0 Å². The third-order valence-electron chi connectivity index (χ3n) is 4.50. The first-order chi connectivity index (χ1) is 9.54. The summed E-state index contributed by atoms with van der Waals surface area (Å²) in [4.78, 5) is 13.7. The van der Waals surface area contributed by atoms with Crippen molar-refractivity contribution < 1.29 is 13.6 Å². The third-order valence-corrected chi connectivity index (χ3v) is 4.50. The van der Waals surface area contributed by atoms with Crippen LogP contribution in [0.25, 0.3) is 0 Å². The topological polar surface area (TPSA) is 44.4 Å². The van der Waals surface area contributed by atoms with Gasteiger partial charge in [0.15, 0.2) is 0 Å². The van der Waals surface area contributed by atoms with E-state index in [0.29, 0.717) is 19.0 Å². The Kier molecular flexibility index (Phi) is 5.57. The number of amides is 2. The number of likely N-dealkylation sites (tertiary alicyclic amines) is 1. The second kappa shape index (κ2) is 7.20. The van der Waals surface area contributed by atoms with E-state index in [2.05, 4.69) is 17.6 Å². The van der Waals surface area contributed by atoms with Crippen LogP contribution in [0, 0.1) is 5.92 Å². The second-order valence-corrected chi connectivity index (χ2v) is 6.10. The molecule has 2 rings (SSSR count). The Morgan fingerprint density at radius 1 is 1.20 bits per heavy atom. The van der Waals surface area contributed by atoms with E-state index in [-0.39, 0.29) is 24.7 Å². The van der Waals surface area contributed by atoms with Crippen LogP contribution in [0.1, 0.15) is 39.0 Å². The Morgan fingerprint density at radius 3 is 2.45 bits per heavy atom. The van der Waals surface area contributed by atoms with Gasteiger partial charge >= 0.3 is 6.03 Å². The maximum absolute atomic E-state index is 12.3. The van der Waals surface area contributed by atoms with Crippen molar-refractivity contribution in [2.75, 3.05) is 19.6 Å². The molecule has 2 aliphatic rings. The minimum atomic E-state index is -2.27. The molecular weight excluding hydrogens is 264 g/mol. The van der Waals surface area contributed by atoms with E-state index in [1.54, 1.807) is 4.90 Å². The molecule has 0 radical (unpaired) electrons. The fraction of sp³-hybridized carbons (Fsp3) is 0.929. The average Bonchev–Trinajstić information content (AvgIpc) is 2.77. The lowest BCUT2D eigenvalue weighted by Crippen LogP contribution is -2.50. The summed E-state index contributed by atoms with van der Waals surface area (Å²) >= 11 is 0. The molecule has 0 aromatic heterocycles. The van der Waals surface area contributed by atoms with E-state index in [1.807, 2.05) is 0 Å². The fourth-order valence-corrected chi connectivity index (χ4v) is 3.21. The Balaban J connectivity index is 1.66. The molecule has 2 atom stereocenters. The molecule has 0 aromatic carbocycles. The standard InChI is InChI=1S/C14H25F2N3O/c1-10-3-2-4-12(10)18-14(20)17-11-5-7-19(8-6-11)9-13(15)16/h10-13H,2-9H2,1H3,(H2,17,18,20)/t10-,12-/m0/s1. The van der Waals surface area contributed by atoms with E-state index < -0.39 is 6.43 Å². The summed E-state index contributed by atoms with van der Waals surface area (Å²) in [7, 11) is 0. The summed E-state index contributed by atoms with van der Waals surface area (Å²) < 4.78 is 24.5. The average molecular weight is 289 g/mol. The first-order valence-corrected chi connectivity index (χ1v) is 7.62. The van der Waals surface area contributed by atoms with Crippen LogP contribution < -0.4 is 10.6 Å². The minimum Gasteiger partial charge on any atom is -0.335 e. The maximum atomic E-state index is 12.3. The summed E-state index contributed by atoms with van der Waals surface area (Å²) in [5, 5.41) is 6.01. The molecule has 0 aromatic rings. The van der Waals surface area contributed by atoms with Crippen LogP contribution in [0.5, 0.6) is 0 Å². The van der Waals surface area contributed by atoms with Crippen LogP contribution in [-0.4, -0.2) is 49.1 Å². The highest BCUT2D eigenvalue weighted by atomic mass is 19.3. The summed E-state index contributed by atoms with van der Waals surface area (Å²) in [6.45, 7) is 3.28. The molecule has 0 spiro atoms. The van der Waals surface area contributed by atoms with Gasteiger partial charge in [-0.2, -0.15) is 0 Å². The monoisotopic (exact) mass is 289 g/mol. The van der Waals surface area contributed by atoms with Gasteiger partial charge in [0.2, 0.25) is 0 Å². The lowest BCUT2D eigenvalue weighted by molar-refractivity contribution is 0.0736. The molecule has 2 amide bonds. The van der Waals surface area contributed by atoms with E-state index in [4.69, 9.17) is 0 Å². The second-order valence-electron chi connectivity index (χ2n) is 6.10. The molecule has 20 heavy (non-hydrogen) atoms. The number of hydrogen-bond acceptors (Lipinski definition) is 2. The highest BCUT2D eigenvalue weighted by molar-refractivity contribution is 5.74. The summed E-state index contributed by atoms with van der Waals surface area (Å²) in [5.74, 6) is 0.550. The van der Waals surface area contributed by atoms with Crippen molar-refractivity contribution in [1.29, 1.82) is 0 Å². The van der Waals surface area contributed by atoms with Gasteiger partial charge in [-0.1, -0.05) is 13.3 Å². The van der Waals surface area contributed by atoms with E-state index >= 15 is 0 Å². The van der Waals surface area contributed by atoms with Crippen molar-refractivity contribution in [2.24, 2.45) is 5.92 Å². The molecule has 1 heterocycles. The van der Waals surface area contributed by atoms with E-state index in [0.717, 1.165) is 19.3 Å². The van der Waals surface area contributed by atoms with Crippen LogP contribution in [0.15, 0.2) is 0 Å². The summed E-state index contributed by atoms with van der Waals surface area (Å²) in [5.41, 5.74) is 0. The number of halogens is 2. The van der Waals surface area contributed by atoms with E-state index in [1.165, 1.54) is 12.8 Å². The van der Waals surface area contributed by atoms with Gasteiger partial charge in [-0.25, -0.2) is 13.6 Å². The van der Waals surface area contributed by atoms with Gasteiger partial charge in [0.25, 0.3) is 6.43 Å². The normalized spacial score (nSPS) is 28.8. The molecule has 1 saturated carbocycles. The van der Waals surface area contributed by atoms with Gasteiger partial charge in [0.1, 0.15) is 0 Å². The molecular formula is C14H25F2N3O. The van der Waals surface area contributed by atoms with Crippen molar-refractivity contribution in [2.45, 2.75) is 57.5 Å². The van der Waals surface area contributed by atoms with E-state index in [9.17, 15) is 13.6 Å². The molecule has 6 heteroatoms. The van der Waals surface area contributed by atoms with Gasteiger partial charge < -0.3 is 10.6 Å². The number of rotatable bonds is 4. The van der Waals surface area contributed by atoms with Gasteiger partial charge in [0.05, 0.1) is 6.54 Å². The van der Waals surface area contributed by atoms with Gasteiger partial charge in [-0.3, -0.25) is 4.90 Å². The zero-order chi connectivity index (χ0) is 14.5. The number of carbonyl (C=O) groups excluding carboxylic acids is 1. The smallest absolute Gasteiger partial charge is 0.315 e. The molecule has 0 unspecified atom stereocenters. The SMILES string of the molecule is C[C@H]1CCC[C@@H]1NC(=O)NC1CCN(CC(F)F)CC1. The highest BCUT2D eigenvalue weighted by Gasteiger charge is 2.26. The van der Waals surface area contributed by atoms with Crippen LogP contribution in [0.4, 0.5) is 13.6 Å². The molecule has 1 aliphatic heterocycles. The molecule has 1 aliphatic carbocycles. The molecule has 2 N–H and O–H groups in total. The highest BCUT2D eigenvalue weighted by Crippen LogP contribution is 2.24. The first kappa shape index (κ1) is 15.5. The fourth-order valence-electron chi connectivity index (χ4n) is 3.21. The maximum Gasteiger partial charge on any atom is 0.315 e. The minimum absolute atomic E-state index is 0.101. The third kappa shape index (κ3) is 4.58. The molecule has 116 valence electrons. The van der Waals surface area contributed by atoms with Crippen molar-refractivity contribution in [3.63, 3.8) is 0 Å². The number of carbonyl (C=O) groups is 1. The lowest BCUT2D eigenvalue weighted by Gasteiger charge is -2.32. The van der Waals surface area contributed by atoms with Gasteiger partial charge in [0, 0.05) is 25.2 Å². The summed E-state index contributed by atoms with van der Waals surface area (Å²) in [6, 6.07) is 0.297. The number of alkyl halides is 2. The zero-order valence-electron chi connectivity index (χ0n) is 12.1. The molecule has 4 nitrogen and oxygen atoms in total. The Bertz CT molecular complexity index is 320. The quantitative estimate of drug-likeness (QED) is 0.833.